The predicted molar refractivity (Wildman–Crippen MR) is 152 cm³/mol. The minimum Gasteiger partial charge on any atom is -0.364 e. The first kappa shape index (κ1) is 24.5. The first-order chi connectivity index (χ1) is 17.5. The van der Waals surface area contributed by atoms with Crippen molar-refractivity contribution in [3.63, 3.8) is 0 Å². The normalized spacial score (nSPS) is 15.4. The van der Waals surface area contributed by atoms with Crippen molar-refractivity contribution >= 4 is 38.9 Å². The van der Waals surface area contributed by atoms with Crippen molar-refractivity contribution in [2.75, 3.05) is 48.3 Å². The van der Waals surface area contributed by atoms with Gasteiger partial charge in [0.25, 0.3) is 0 Å². The average Bonchev–Trinajstić information content (AvgIpc) is 3.37. The summed E-state index contributed by atoms with van der Waals surface area (Å²) in [6, 6.07) is 13.6. The van der Waals surface area contributed by atoms with Crippen molar-refractivity contribution < 1.29 is 0 Å². The van der Waals surface area contributed by atoms with E-state index < -0.39 is 0 Å². The summed E-state index contributed by atoms with van der Waals surface area (Å²) in [5.74, 6) is 1.93. The second kappa shape index (κ2) is 10.8. The van der Waals surface area contributed by atoms with Gasteiger partial charge in [0.15, 0.2) is 5.13 Å². The van der Waals surface area contributed by atoms with E-state index in [1.165, 1.54) is 11.1 Å². The minimum atomic E-state index is 0.112. The molecule has 1 fully saturated rings. The van der Waals surface area contributed by atoms with Crippen molar-refractivity contribution in [2.24, 2.45) is 0 Å². The van der Waals surface area contributed by atoms with Gasteiger partial charge in [0.05, 0.1) is 10.9 Å². The van der Waals surface area contributed by atoms with E-state index in [4.69, 9.17) is 0 Å². The Bertz CT molecular complexity index is 1310. The maximum Gasteiger partial charge on any atom is 0.183 e. The Hall–Kier alpha value is -3.23. The van der Waals surface area contributed by atoms with Crippen LogP contribution in [-0.4, -0.2) is 58.6 Å². The molecule has 1 aliphatic heterocycles. The lowest BCUT2D eigenvalue weighted by Crippen LogP contribution is -2.49. The highest BCUT2D eigenvalue weighted by Crippen LogP contribution is 2.32. The number of hydrogen-bond donors (Lipinski definition) is 2. The van der Waals surface area contributed by atoms with Crippen molar-refractivity contribution in [3.8, 4) is 10.4 Å². The number of nitrogens with zero attached hydrogens (tertiary/aromatic N) is 5. The summed E-state index contributed by atoms with van der Waals surface area (Å²) in [5, 5.41) is 10.1. The van der Waals surface area contributed by atoms with Gasteiger partial charge in [0, 0.05) is 62.7 Å². The number of nitrogens with one attached hydrogen (secondary N) is 2. The molecule has 2 N–H and O–H groups in total. The Kier molecular flexibility index (Phi) is 7.34. The number of thiazole rings is 1. The highest BCUT2D eigenvalue weighted by atomic mass is 32.1. The highest BCUT2D eigenvalue weighted by Gasteiger charge is 2.20. The quantitative estimate of drug-likeness (QED) is 0.312. The topological polar surface area (TPSA) is 69.2 Å². The molecule has 5 rings (SSSR count). The van der Waals surface area contributed by atoms with Crippen LogP contribution in [0.15, 0.2) is 55.0 Å². The average molecular weight is 502 g/mol. The largest absolute Gasteiger partial charge is 0.364 e. The van der Waals surface area contributed by atoms with Crippen LogP contribution in [0.1, 0.15) is 39.3 Å². The molecule has 8 heteroatoms. The maximum atomic E-state index is 4.68. The molecule has 4 heterocycles. The van der Waals surface area contributed by atoms with Crippen LogP contribution >= 0.6 is 11.3 Å². The van der Waals surface area contributed by atoms with Crippen LogP contribution in [0.25, 0.3) is 21.2 Å². The molecule has 0 radical (unpaired) electrons. The first-order valence-electron chi connectivity index (χ1n) is 12.8. The summed E-state index contributed by atoms with van der Waals surface area (Å²) >= 11 is 1.68. The second-order valence-corrected chi connectivity index (χ2v) is 10.7. The molecule has 7 nitrogen and oxygen atoms in total. The molecule has 36 heavy (non-hydrogen) atoms. The predicted octanol–water partition coefficient (Wildman–Crippen LogP) is 5.89. The summed E-state index contributed by atoms with van der Waals surface area (Å²) in [5.41, 5.74) is 2.38. The molecule has 1 atom stereocenters. The second-order valence-electron chi connectivity index (χ2n) is 9.62. The smallest absolute Gasteiger partial charge is 0.183 e. The molecule has 4 aromatic rings. The zero-order chi connectivity index (χ0) is 25.1. The molecule has 1 aliphatic rings. The van der Waals surface area contributed by atoms with E-state index in [9.17, 15) is 0 Å². The number of rotatable bonds is 8. The van der Waals surface area contributed by atoms with Crippen molar-refractivity contribution in [3.05, 3.63) is 60.6 Å². The Morgan fingerprint density at radius 2 is 1.75 bits per heavy atom. The Morgan fingerprint density at radius 3 is 2.53 bits per heavy atom. The number of aromatic nitrogens is 3. The van der Waals surface area contributed by atoms with Gasteiger partial charge < -0.3 is 15.5 Å². The van der Waals surface area contributed by atoms with Crippen LogP contribution in [-0.2, 0) is 0 Å². The van der Waals surface area contributed by atoms with Crippen molar-refractivity contribution in [2.45, 2.75) is 39.8 Å². The number of fused-ring (bicyclic) bond motifs is 1. The van der Waals surface area contributed by atoms with Crippen LogP contribution in [0.2, 0.25) is 0 Å². The Labute approximate surface area is 217 Å². The van der Waals surface area contributed by atoms with Gasteiger partial charge in [-0.25, -0.2) is 15.0 Å². The van der Waals surface area contributed by atoms with E-state index in [1.54, 1.807) is 11.3 Å². The molecular formula is C28H35N7S. The van der Waals surface area contributed by atoms with E-state index in [1.807, 2.05) is 18.6 Å². The molecule has 3 aromatic heterocycles. The zero-order valence-corrected chi connectivity index (χ0v) is 22.3. The van der Waals surface area contributed by atoms with E-state index >= 15 is 0 Å². The lowest BCUT2D eigenvalue weighted by Gasteiger charge is -2.37. The molecule has 0 bridgehead atoms. The molecule has 1 unspecified atom stereocenters. The van der Waals surface area contributed by atoms with E-state index in [2.05, 4.69) is 99.5 Å². The SMILES string of the molecule is CCNc1ncc(-c2ccc3cnc(NC(C)c4ccnc(N5CCN(C(C)C)CC5)c4)cc3c2)s1. The summed E-state index contributed by atoms with van der Waals surface area (Å²) in [4.78, 5) is 19.9. The molecular weight excluding hydrogens is 466 g/mol. The summed E-state index contributed by atoms with van der Waals surface area (Å²) < 4.78 is 0. The van der Waals surface area contributed by atoms with Gasteiger partial charge in [0.1, 0.15) is 11.6 Å². The third-order valence-corrected chi connectivity index (χ3v) is 7.85. The van der Waals surface area contributed by atoms with Gasteiger partial charge >= 0.3 is 0 Å². The number of piperazine rings is 1. The highest BCUT2D eigenvalue weighted by molar-refractivity contribution is 7.18. The Balaban J connectivity index is 1.30. The Morgan fingerprint density at radius 1 is 0.917 bits per heavy atom. The van der Waals surface area contributed by atoms with Crippen LogP contribution in [0.4, 0.5) is 16.8 Å². The standard InChI is InChI=1S/C28H35N7S/c1-5-29-28-32-18-25(36-28)22-6-7-23-17-31-26(15-24(23)14-22)33-20(4)21-8-9-30-27(16-21)35-12-10-34(11-13-35)19(2)3/h6-9,14-20H,5,10-13H2,1-4H3,(H,29,32)(H,31,33). The lowest BCUT2D eigenvalue weighted by atomic mass is 10.1. The number of hydrogen-bond acceptors (Lipinski definition) is 8. The number of anilines is 3. The van der Waals surface area contributed by atoms with Gasteiger partial charge in [-0.05, 0) is 68.5 Å². The molecule has 0 amide bonds. The molecule has 1 saturated heterocycles. The van der Waals surface area contributed by atoms with E-state index in [0.29, 0.717) is 6.04 Å². The van der Waals surface area contributed by atoms with Crippen LogP contribution in [0, 0.1) is 0 Å². The molecule has 0 aliphatic carbocycles. The van der Waals surface area contributed by atoms with Gasteiger partial charge in [-0.15, -0.1) is 0 Å². The van der Waals surface area contributed by atoms with Crippen molar-refractivity contribution in [1.82, 2.24) is 19.9 Å². The van der Waals surface area contributed by atoms with Crippen molar-refractivity contribution in [1.29, 1.82) is 0 Å². The fourth-order valence-corrected chi connectivity index (χ4v) is 5.54. The molecule has 0 spiro atoms. The van der Waals surface area contributed by atoms with Crippen LogP contribution in [0.3, 0.4) is 0 Å². The zero-order valence-electron chi connectivity index (χ0n) is 21.5. The fourth-order valence-electron chi connectivity index (χ4n) is 4.66. The van der Waals surface area contributed by atoms with Gasteiger partial charge in [-0.3, -0.25) is 4.90 Å². The van der Waals surface area contributed by atoms with Gasteiger partial charge in [-0.2, -0.15) is 0 Å². The van der Waals surface area contributed by atoms with E-state index in [0.717, 1.165) is 65.1 Å². The fraction of sp³-hybridized carbons (Fsp3) is 0.393. The number of pyridine rings is 2. The number of benzene rings is 1. The third-order valence-electron chi connectivity index (χ3n) is 6.84. The summed E-state index contributed by atoms with van der Waals surface area (Å²) in [7, 11) is 0. The third kappa shape index (κ3) is 5.44. The van der Waals surface area contributed by atoms with Crippen LogP contribution in [0.5, 0.6) is 0 Å². The minimum absolute atomic E-state index is 0.112. The van der Waals surface area contributed by atoms with E-state index in [-0.39, 0.29) is 6.04 Å². The van der Waals surface area contributed by atoms with Crippen LogP contribution < -0.4 is 15.5 Å². The molecule has 188 valence electrons. The summed E-state index contributed by atoms with van der Waals surface area (Å²) in [6.45, 7) is 13.9. The van der Waals surface area contributed by atoms with Gasteiger partial charge in [0.2, 0.25) is 0 Å². The lowest BCUT2D eigenvalue weighted by molar-refractivity contribution is 0.209. The monoisotopic (exact) mass is 501 g/mol. The van der Waals surface area contributed by atoms with Gasteiger partial charge in [-0.1, -0.05) is 23.5 Å². The molecule has 0 saturated carbocycles. The molecule has 1 aromatic carbocycles. The summed E-state index contributed by atoms with van der Waals surface area (Å²) in [6.07, 6.45) is 5.81. The first-order valence-corrected chi connectivity index (χ1v) is 13.6. The maximum absolute atomic E-state index is 4.68.